The van der Waals surface area contributed by atoms with Crippen LogP contribution in [-0.4, -0.2) is 17.0 Å². The molecule has 1 amide bonds. The zero-order chi connectivity index (χ0) is 18.4. The second-order valence-corrected chi connectivity index (χ2v) is 7.28. The highest BCUT2D eigenvalue weighted by Crippen LogP contribution is 2.34. The van der Waals surface area contributed by atoms with Gasteiger partial charge in [-0.25, -0.2) is 0 Å². The summed E-state index contributed by atoms with van der Waals surface area (Å²) in [5.74, 6) is 1.42. The molecule has 1 fully saturated rings. The second-order valence-electron chi connectivity index (χ2n) is 6.85. The van der Waals surface area contributed by atoms with E-state index in [0.717, 1.165) is 43.5 Å². The number of nitrogens with one attached hydrogen (secondary N) is 1. The quantitative estimate of drug-likeness (QED) is 0.744. The summed E-state index contributed by atoms with van der Waals surface area (Å²) >= 11 is 5.90. The van der Waals surface area contributed by atoms with Crippen molar-refractivity contribution >= 4 is 23.2 Å². The number of halogens is 1. The van der Waals surface area contributed by atoms with Crippen LogP contribution in [0.4, 0.5) is 5.69 Å². The summed E-state index contributed by atoms with van der Waals surface area (Å²) in [6.45, 7) is 2.09. The fourth-order valence-corrected chi connectivity index (χ4v) is 3.85. The number of amides is 1. The van der Waals surface area contributed by atoms with E-state index in [1.165, 1.54) is 0 Å². The first kappa shape index (κ1) is 18.7. The van der Waals surface area contributed by atoms with Gasteiger partial charge in [0.2, 0.25) is 5.91 Å². The molecule has 1 atom stereocenters. The molecule has 1 heterocycles. The summed E-state index contributed by atoms with van der Waals surface area (Å²) < 4.78 is 6.03. The van der Waals surface area contributed by atoms with E-state index in [2.05, 4.69) is 17.2 Å². The number of nitrogens with zero attached hydrogens (tertiary/aromatic N) is 1. The van der Waals surface area contributed by atoms with Crippen LogP contribution in [0, 0.1) is 11.8 Å². The Hall–Kier alpha value is -2.07. The minimum absolute atomic E-state index is 0.0348. The number of carbonyl (C=O) groups excluding carboxylic acids is 1. The van der Waals surface area contributed by atoms with Gasteiger partial charge in [0.1, 0.15) is 5.75 Å². The lowest BCUT2D eigenvalue weighted by Gasteiger charge is -2.33. The zero-order valence-electron chi connectivity index (χ0n) is 15.0. The highest BCUT2D eigenvalue weighted by molar-refractivity contribution is 6.30. The standard InChI is InChI=1S/C21H25ClN2O2/c1-2-20(21(25)24-17-7-5-16(22)6-8-17)15-3-9-18(10-4-15)26-19-11-13-23-14-12-19/h5-8,11-15,18,20H,2-4,9-10H2,1H3,(H,24,25). The van der Waals surface area contributed by atoms with Crippen molar-refractivity contribution in [3.05, 3.63) is 53.8 Å². The van der Waals surface area contributed by atoms with E-state index in [1.54, 1.807) is 24.5 Å². The van der Waals surface area contributed by atoms with Crippen LogP contribution >= 0.6 is 11.6 Å². The first-order valence-electron chi connectivity index (χ1n) is 9.29. The van der Waals surface area contributed by atoms with Crippen LogP contribution in [0.15, 0.2) is 48.8 Å². The third kappa shape index (κ3) is 4.98. The molecule has 1 N–H and O–H groups in total. The molecule has 1 saturated carbocycles. The number of ether oxygens (including phenoxy) is 1. The minimum Gasteiger partial charge on any atom is -0.490 e. The van der Waals surface area contributed by atoms with Gasteiger partial charge in [0.15, 0.2) is 0 Å². The summed E-state index contributed by atoms with van der Waals surface area (Å²) in [4.78, 5) is 16.7. The van der Waals surface area contributed by atoms with Crippen LogP contribution in [-0.2, 0) is 4.79 Å². The van der Waals surface area contributed by atoms with Gasteiger partial charge in [-0.15, -0.1) is 0 Å². The fraction of sp³-hybridized carbons (Fsp3) is 0.429. The normalized spacial score (nSPS) is 21.0. The van der Waals surface area contributed by atoms with Gasteiger partial charge in [-0.2, -0.15) is 0 Å². The Bertz CT molecular complexity index is 698. The number of hydrogen-bond donors (Lipinski definition) is 1. The van der Waals surface area contributed by atoms with E-state index >= 15 is 0 Å². The Labute approximate surface area is 159 Å². The first-order chi connectivity index (χ1) is 12.7. The number of anilines is 1. The zero-order valence-corrected chi connectivity index (χ0v) is 15.8. The smallest absolute Gasteiger partial charge is 0.227 e. The Morgan fingerprint density at radius 2 is 1.81 bits per heavy atom. The summed E-state index contributed by atoms with van der Waals surface area (Å²) in [5, 5.41) is 3.70. The molecule has 0 bridgehead atoms. The molecule has 1 aliphatic rings. The number of aromatic nitrogens is 1. The second kappa shape index (κ2) is 9.04. The van der Waals surface area contributed by atoms with Gasteiger partial charge in [0.25, 0.3) is 0 Å². The summed E-state index contributed by atoms with van der Waals surface area (Å²) in [6, 6.07) is 11.0. The number of rotatable bonds is 6. The Kier molecular flexibility index (Phi) is 6.51. The number of carbonyl (C=O) groups is 1. The van der Waals surface area contributed by atoms with E-state index in [0.29, 0.717) is 10.9 Å². The van der Waals surface area contributed by atoms with Crippen molar-refractivity contribution in [2.24, 2.45) is 11.8 Å². The average Bonchev–Trinajstić information content (AvgIpc) is 2.66. The van der Waals surface area contributed by atoms with Crippen LogP contribution in [0.3, 0.4) is 0 Å². The number of benzene rings is 1. The largest absolute Gasteiger partial charge is 0.490 e. The molecule has 1 aliphatic carbocycles. The van der Waals surface area contributed by atoms with Crippen molar-refractivity contribution < 1.29 is 9.53 Å². The molecule has 5 heteroatoms. The molecule has 1 unspecified atom stereocenters. The van der Waals surface area contributed by atoms with Crippen LogP contribution in [0.25, 0.3) is 0 Å². The molecule has 1 aromatic carbocycles. The molecule has 138 valence electrons. The molecule has 2 aromatic rings. The Balaban J connectivity index is 1.52. The molecular weight excluding hydrogens is 348 g/mol. The van der Waals surface area contributed by atoms with E-state index < -0.39 is 0 Å². The lowest BCUT2D eigenvalue weighted by molar-refractivity contribution is -0.122. The Morgan fingerprint density at radius 3 is 2.42 bits per heavy atom. The molecule has 1 aromatic heterocycles. The molecule has 3 rings (SSSR count). The minimum atomic E-state index is 0.0348. The van der Waals surface area contributed by atoms with E-state index in [-0.39, 0.29) is 17.9 Å². The van der Waals surface area contributed by atoms with E-state index in [4.69, 9.17) is 16.3 Å². The van der Waals surface area contributed by atoms with Crippen LogP contribution in [0.1, 0.15) is 39.0 Å². The van der Waals surface area contributed by atoms with Gasteiger partial charge in [-0.05, 0) is 74.4 Å². The lowest BCUT2D eigenvalue weighted by Crippen LogP contribution is -2.33. The van der Waals surface area contributed by atoms with Gasteiger partial charge in [0, 0.05) is 29.0 Å². The molecule has 0 saturated heterocycles. The molecule has 26 heavy (non-hydrogen) atoms. The first-order valence-corrected chi connectivity index (χ1v) is 9.66. The van der Waals surface area contributed by atoms with E-state index in [1.807, 2.05) is 24.3 Å². The average molecular weight is 373 g/mol. The van der Waals surface area contributed by atoms with Gasteiger partial charge >= 0.3 is 0 Å². The highest BCUT2D eigenvalue weighted by atomic mass is 35.5. The SMILES string of the molecule is CCC(C(=O)Nc1ccc(Cl)cc1)C1CCC(Oc2ccncc2)CC1. The third-order valence-corrected chi connectivity index (χ3v) is 5.38. The Morgan fingerprint density at radius 1 is 1.15 bits per heavy atom. The van der Waals surface area contributed by atoms with Crippen molar-refractivity contribution in [1.82, 2.24) is 4.98 Å². The predicted octanol–water partition coefficient (Wildman–Crippen LogP) is 5.34. The topological polar surface area (TPSA) is 51.2 Å². The molecule has 0 radical (unpaired) electrons. The fourth-order valence-electron chi connectivity index (χ4n) is 3.72. The lowest BCUT2D eigenvalue weighted by atomic mass is 9.77. The van der Waals surface area contributed by atoms with Crippen molar-refractivity contribution in [1.29, 1.82) is 0 Å². The van der Waals surface area contributed by atoms with Crippen LogP contribution < -0.4 is 10.1 Å². The summed E-state index contributed by atoms with van der Waals surface area (Å²) in [7, 11) is 0. The summed E-state index contributed by atoms with van der Waals surface area (Å²) in [5.41, 5.74) is 0.799. The van der Waals surface area contributed by atoms with Gasteiger partial charge < -0.3 is 10.1 Å². The number of pyridine rings is 1. The van der Waals surface area contributed by atoms with Gasteiger partial charge in [-0.1, -0.05) is 18.5 Å². The maximum Gasteiger partial charge on any atom is 0.227 e. The van der Waals surface area contributed by atoms with Crippen molar-refractivity contribution in [3.63, 3.8) is 0 Å². The summed E-state index contributed by atoms with van der Waals surface area (Å²) in [6.07, 6.45) is 8.56. The van der Waals surface area contributed by atoms with Crippen molar-refractivity contribution in [2.45, 2.75) is 45.1 Å². The molecule has 4 nitrogen and oxygen atoms in total. The molecule has 0 aliphatic heterocycles. The molecule has 0 spiro atoms. The predicted molar refractivity (Wildman–Crippen MR) is 104 cm³/mol. The van der Waals surface area contributed by atoms with Crippen molar-refractivity contribution in [3.8, 4) is 5.75 Å². The van der Waals surface area contributed by atoms with Crippen LogP contribution in [0.5, 0.6) is 5.75 Å². The van der Waals surface area contributed by atoms with Gasteiger partial charge in [0.05, 0.1) is 6.10 Å². The monoisotopic (exact) mass is 372 g/mol. The van der Waals surface area contributed by atoms with Crippen LogP contribution in [0.2, 0.25) is 5.02 Å². The third-order valence-electron chi connectivity index (χ3n) is 5.13. The number of hydrogen-bond acceptors (Lipinski definition) is 3. The van der Waals surface area contributed by atoms with E-state index in [9.17, 15) is 4.79 Å². The molecular formula is C21H25ClN2O2. The van der Waals surface area contributed by atoms with Crippen molar-refractivity contribution in [2.75, 3.05) is 5.32 Å². The maximum absolute atomic E-state index is 12.7. The van der Waals surface area contributed by atoms with Gasteiger partial charge in [-0.3, -0.25) is 9.78 Å². The maximum atomic E-state index is 12.7. The highest BCUT2D eigenvalue weighted by Gasteiger charge is 2.31.